The van der Waals surface area contributed by atoms with E-state index < -0.39 is 0 Å². The van der Waals surface area contributed by atoms with E-state index in [1.54, 1.807) is 6.20 Å². The predicted molar refractivity (Wildman–Crippen MR) is 65.4 cm³/mol. The highest BCUT2D eigenvalue weighted by molar-refractivity contribution is 9.10. The second kappa shape index (κ2) is 5.64. The summed E-state index contributed by atoms with van der Waals surface area (Å²) in [5.41, 5.74) is 0.750. The van der Waals surface area contributed by atoms with Crippen LogP contribution in [0.15, 0.2) is 16.7 Å². The van der Waals surface area contributed by atoms with Gasteiger partial charge in [-0.05, 0) is 47.7 Å². The lowest BCUT2D eigenvalue weighted by Crippen LogP contribution is -2.20. The van der Waals surface area contributed by atoms with Gasteiger partial charge in [-0.1, -0.05) is 6.42 Å². The maximum atomic E-state index is 9.23. The van der Waals surface area contributed by atoms with Crippen LogP contribution < -0.4 is 4.74 Å². The van der Waals surface area contributed by atoms with Crippen LogP contribution in [-0.2, 0) is 6.61 Å². The monoisotopic (exact) mass is 285 g/mol. The molecule has 1 heterocycles. The Kier molecular flexibility index (Phi) is 4.18. The summed E-state index contributed by atoms with van der Waals surface area (Å²) in [5, 5.41) is 9.23. The molecule has 88 valence electrons. The smallest absolute Gasteiger partial charge is 0.219 e. The highest BCUT2D eigenvalue weighted by Gasteiger charge is 2.17. The number of halogens is 1. The SMILES string of the molecule is OCc1cc(Br)cnc1OC1CCCCC1. The molecule has 0 radical (unpaired) electrons. The molecule has 0 saturated heterocycles. The Labute approximate surface area is 104 Å². The van der Waals surface area contributed by atoms with Crippen LogP contribution in [-0.4, -0.2) is 16.2 Å². The number of aromatic nitrogens is 1. The van der Waals surface area contributed by atoms with Crippen LogP contribution in [0.3, 0.4) is 0 Å². The van der Waals surface area contributed by atoms with Crippen LogP contribution in [0.2, 0.25) is 0 Å². The summed E-state index contributed by atoms with van der Waals surface area (Å²) in [4.78, 5) is 4.21. The van der Waals surface area contributed by atoms with Crippen molar-refractivity contribution in [3.8, 4) is 5.88 Å². The summed E-state index contributed by atoms with van der Waals surface area (Å²) < 4.78 is 6.71. The molecular formula is C12H16BrNO2. The predicted octanol–water partition coefficient (Wildman–Crippen LogP) is 3.05. The lowest BCUT2D eigenvalue weighted by Gasteiger charge is -2.23. The van der Waals surface area contributed by atoms with Crippen molar-refractivity contribution in [2.75, 3.05) is 0 Å². The summed E-state index contributed by atoms with van der Waals surface area (Å²) in [7, 11) is 0. The molecule has 1 fully saturated rings. The fraction of sp³-hybridized carbons (Fsp3) is 0.583. The zero-order valence-electron chi connectivity index (χ0n) is 9.16. The molecule has 0 amide bonds. The Morgan fingerprint density at radius 1 is 1.38 bits per heavy atom. The van der Waals surface area contributed by atoms with Crippen LogP contribution in [0.4, 0.5) is 0 Å². The Bertz CT molecular complexity index is 351. The van der Waals surface area contributed by atoms with E-state index in [9.17, 15) is 5.11 Å². The second-order valence-electron chi connectivity index (χ2n) is 4.15. The summed E-state index contributed by atoms with van der Waals surface area (Å²) >= 11 is 3.33. The van der Waals surface area contributed by atoms with Gasteiger partial charge < -0.3 is 9.84 Å². The number of hydrogen-bond acceptors (Lipinski definition) is 3. The third-order valence-corrected chi connectivity index (χ3v) is 3.33. The van der Waals surface area contributed by atoms with E-state index >= 15 is 0 Å². The number of aliphatic hydroxyl groups excluding tert-OH is 1. The van der Waals surface area contributed by atoms with Crippen LogP contribution in [0.25, 0.3) is 0 Å². The Balaban J connectivity index is 2.07. The van der Waals surface area contributed by atoms with Gasteiger partial charge in [0.2, 0.25) is 5.88 Å². The van der Waals surface area contributed by atoms with Crippen molar-refractivity contribution in [2.45, 2.75) is 44.8 Å². The minimum atomic E-state index is -0.0332. The summed E-state index contributed by atoms with van der Waals surface area (Å²) in [5.74, 6) is 0.581. The second-order valence-corrected chi connectivity index (χ2v) is 5.07. The van der Waals surface area contributed by atoms with Gasteiger partial charge in [0.25, 0.3) is 0 Å². The van der Waals surface area contributed by atoms with E-state index in [1.807, 2.05) is 6.07 Å². The van der Waals surface area contributed by atoms with Crippen LogP contribution >= 0.6 is 15.9 Å². The molecular weight excluding hydrogens is 270 g/mol. The molecule has 16 heavy (non-hydrogen) atoms. The van der Waals surface area contributed by atoms with E-state index in [2.05, 4.69) is 20.9 Å². The Morgan fingerprint density at radius 2 is 2.12 bits per heavy atom. The van der Waals surface area contributed by atoms with E-state index in [0.29, 0.717) is 5.88 Å². The van der Waals surface area contributed by atoms with E-state index in [-0.39, 0.29) is 12.7 Å². The third-order valence-electron chi connectivity index (χ3n) is 2.89. The molecule has 3 nitrogen and oxygen atoms in total. The van der Waals surface area contributed by atoms with Gasteiger partial charge in [-0.25, -0.2) is 4.98 Å². The molecule has 0 unspecified atom stereocenters. The van der Waals surface area contributed by atoms with Crippen molar-refractivity contribution in [1.29, 1.82) is 0 Å². The number of ether oxygens (including phenoxy) is 1. The fourth-order valence-electron chi connectivity index (χ4n) is 2.03. The first-order chi connectivity index (χ1) is 7.79. The maximum Gasteiger partial charge on any atom is 0.219 e. The molecule has 0 bridgehead atoms. The lowest BCUT2D eigenvalue weighted by atomic mass is 9.98. The van der Waals surface area contributed by atoms with Gasteiger partial charge in [-0.15, -0.1) is 0 Å². The number of hydrogen-bond donors (Lipinski definition) is 1. The van der Waals surface area contributed by atoms with Crippen molar-refractivity contribution >= 4 is 15.9 Å². The molecule has 1 aromatic rings. The Hall–Kier alpha value is -0.610. The maximum absolute atomic E-state index is 9.23. The number of nitrogens with zero attached hydrogens (tertiary/aromatic N) is 1. The van der Waals surface area contributed by atoms with Gasteiger partial charge in [0.15, 0.2) is 0 Å². The number of rotatable bonds is 3. The summed E-state index contributed by atoms with van der Waals surface area (Å²) in [6.45, 7) is -0.0332. The first-order valence-corrected chi connectivity index (χ1v) is 6.51. The first kappa shape index (κ1) is 11.9. The number of pyridine rings is 1. The summed E-state index contributed by atoms with van der Waals surface area (Å²) in [6.07, 6.45) is 7.95. The van der Waals surface area contributed by atoms with Gasteiger partial charge in [-0.3, -0.25) is 0 Å². The highest BCUT2D eigenvalue weighted by Crippen LogP contribution is 2.26. The largest absolute Gasteiger partial charge is 0.474 e. The van der Waals surface area contributed by atoms with Crippen molar-refractivity contribution < 1.29 is 9.84 Å². The fourth-order valence-corrected chi connectivity index (χ4v) is 2.41. The normalized spacial score (nSPS) is 17.4. The molecule has 1 aliphatic rings. The molecule has 0 spiro atoms. The van der Waals surface area contributed by atoms with Gasteiger partial charge in [0, 0.05) is 16.2 Å². The third kappa shape index (κ3) is 2.95. The topological polar surface area (TPSA) is 42.4 Å². The van der Waals surface area contributed by atoms with Crippen molar-refractivity contribution in [3.05, 3.63) is 22.3 Å². The van der Waals surface area contributed by atoms with Crippen molar-refractivity contribution in [1.82, 2.24) is 4.98 Å². The molecule has 0 aromatic carbocycles. The first-order valence-electron chi connectivity index (χ1n) is 5.71. The zero-order chi connectivity index (χ0) is 11.4. The molecule has 1 aromatic heterocycles. The van der Waals surface area contributed by atoms with E-state index in [1.165, 1.54) is 19.3 Å². The average molecular weight is 286 g/mol. The van der Waals surface area contributed by atoms with Crippen LogP contribution in [0.1, 0.15) is 37.7 Å². The molecule has 4 heteroatoms. The van der Waals surface area contributed by atoms with Gasteiger partial charge in [0.05, 0.1) is 6.61 Å². The van der Waals surface area contributed by atoms with Crippen LogP contribution in [0, 0.1) is 0 Å². The quantitative estimate of drug-likeness (QED) is 0.928. The minimum Gasteiger partial charge on any atom is -0.474 e. The van der Waals surface area contributed by atoms with Gasteiger partial charge in [-0.2, -0.15) is 0 Å². The van der Waals surface area contributed by atoms with E-state index in [4.69, 9.17) is 4.74 Å². The van der Waals surface area contributed by atoms with Crippen molar-refractivity contribution in [3.63, 3.8) is 0 Å². The van der Waals surface area contributed by atoms with Crippen molar-refractivity contribution in [2.24, 2.45) is 0 Å². The highest BCUT2D eigenvalue weighted by atomic mass is 79.9. The standard InChI is InChI=1S/C12H16BrNO2/c13-10-6-9(8-15)12(14-7-10)16-11-4-2-1-3-5-11/h6-7,11,15H,1-5,8H2. The van der Waals surface area contributed by atoms with Gasteiger partial charge >= 0.3 is 0 Å². The molecule has 2 rings (SSSR count). The minimum absolute atomic E-state index is 0.0332. The number of aliphatic hydroxyl groups is 1. The molecule has 1 saturated carbocycles. The Morgan fingerprint density at radius 3 is 2.81 bits per heavy atom. The molecule has 1 N–H and O–H groups in total. The molecule has 0 aliphatic heterocycles. The van der Waals surface area contributed by atoms with Gasteiger partial charge in [0.1, 0.15) is 6.10 Å². The summed E-state index contributed by atoms with van der Waals surface area (Å²) in [6, 6.07) is 1.85. The molecule has 0 atom stereocenters. The average Bonchev–Trinajstić information content (AvgIpc) is 2.33. The lowest BCUT2D eigenvalue weighted by molar-refractivity contribution is 0.143. The van der Waals surface area contributed by atoms with E-state index in [0.717, 1.165) is 22.9 Å². The van der Waals surface area contributed by atoms with Crippen LogP contribution in [0.5, 0.6) is 5.88 Å². The zero-order valence-corrected chi connectivity index (χ0v) is 10.7. The molecule has 1 aliphatic carbocycles.